The molecule has 1 amide bonds. The number of nitrogens with one attached hydrogen (secondary N) is 2. The number of hydrogen-bond acceptors (Lipinski definition) is 4. The Kier molecular flexibility index (Phi) is 3.58. The highest BCUT2D eigenvalue weighted by Crippen LogP contribution is 2.19. The van der Waals surface area contributed by atoms with Crippen molar-refractivity contribution in [3.05, 3.63) is 35.4 Å². The molecule has 0 spiro atoms. The van der Waals surface area contributed by atoms with Gasteiger partial charge in [0.05, 0.1) is 6.54 Å². The van der Waals surface area contributed by atoms with Gasteiger partial charge in [-0.15, -0.1) is 0 Å². The molecule has 1 aromatic rings. The summed E-state index contributed by atoms with van der Waals surface area (Å²) >= 11 is 0. The van der Waals surface area contributed by atoms with Crippen molar-refractivity contribution >= 4 is 11.9 Å². The summed E-state index contributed by atoms with van der Waals surface area (Å²) in [5.41, 5.74) is 1.83. The van der Waals surface area contributed by atoms with Gasteiger partial charge in [-0.05, 0) is 30.5 Å². The molecule has 5 nitrogen and oxygen atoms in total. The molecule has 1 aromatic carbocycles. The molecule has 2 aliphatic rings. The largest absolute Gasteiger partial charge is 0.352 e. The number of amides is 1. The Balaban J connectivity index is 1.60. The van der Waals surface area contributed by atoms with Gasteiger partial charge in [0.25, 0.3) is 5.91 Å². The maximum absolute atomic E-state index is 12.0. The van der Waals surface area contributed by atoms with Crippen molar-refractivity contribution in [3.63, 3.8) is 0 Å². The van der Waals surface area contributed by atoms with Gasteiger partial charge >= 0.3 is 0 Å². The van der Waals surface area contributed by atoms with E-state index in [0.29, 0.717) is 12.6 Å². The first-order chi connectivity index (χ1) is 9.72. The monoisotopic (exact) mass is 272 g/mol. The lowest BCUT2D eigenvalue weighted by Crippen LogP contribution is -2.35. The van der Waals surface area contributed by atoms with Crippen molar-refractivity contribution < 1.29 is 4.79 Å². The van der Waals surface area contributed by atoms with Gasteiger partial charge in [-0.25, -0.2) is 0 Å². The zero-order chi connectivity index (χ0) is 13.9. The molecule has 1 aliphatic heterocycles. The summed E-state index contributed by atoms with van der Waals surface area (Å²) in [6.07, 6.45) is 2.22. The highest BCUT2D eigenvalue weighted by Gasteiger charge is 2.23. The van der Waals surface area contributed by atoms with Gasteiger partial charge < -0.3 is 15.5 Å². The quantitative estimate of drug-likeness (QED) is 0.858. The van der Waals surface area contributed by atoms with Gasteiger partial charge in [0.2, 0.25) is 0 Å². The van der Waals surface area contributed by atoms with Crippen LogP contribution in [0.1, 0.15) is 28.8 Å². The van der Waals surface area contributed by atoms with Gasteiger partial charge in [-0.3, -0.25) is 9.79 Å². The van der Waals surface area contributed by atoms with E-state index in [1.165, 1.54) is 0 Å². The minimum Gasteiger partial charge on any atom is -0.352 e. The molecular weight excluding hydrogens is 252 g/mol. The Morgan fingerprint density at radius 3 is 3.00 bits per heavy atom. The minimum absolute atomic E-state index is 0.0321. The predicted molar refractivity (Wildman–Crippen MR) is 78.7 cm³/mol. The van der Waals surface area contributed by atoms with E-state index in [9.17, 15) is 4.79 Å². The molecule has 1 saturated carbocycles. The Hall–Kier alpha value is -2.04. The minimum atomic E-state index is 0.0321. The third-order valence-corrected chi connectivity index (χ3v) is 3.61. The van der Waals surface area contributed by atoms with Crippen molar-refractivity contribution in [1.29, 1.82) is 0 Å². The topological polar surface area (TPSA) is 56.7 Å². The van der Waals surface area contributed by atoms with E-state index in [1.807, 2.05) is 31.3 Å². The number of benzene rings is 1. The third-order valence-electron chi connectivity index (χ3n) is 3.61. The first-order valence-corrected chi connectivity index (χ1v) is 7.11. The van der Waals surface area contributed by atoms with Gasteiger partial charge in [0.15, 0.2) is 5.96 Å². The van der Waals surface area contributed by atoms with Crippen LogP contribution in [0.5, 0.6) is 0 Å². The molecular formula is C15H20N4O. The summed E-state index contributed by atoms with van der Waals surface area (Å²) in [5.74, 6) is 0.961. The van der Waals surface area contributed by atoms with E-state index in [-0.39, 0.29) is 5.91 Å². The standard InChI is InChI=1S/C15H20N4O/c1-19-8-7-16-15(19)17-10-11-3-2-4-12(9-11)14(20)18-13-5-6-13/h2-4,9,13H,5-8,10H2,1H3,(H,16,17)(H,18,20). The van der Waals surface area contributed by atoms with Crippen LogP contribution in [0.2, 0.25) is 0 Å². The van der Waals surface area contributed by atoms with Crippen LogP contribution in [-0.4, -0.2) is 42.9 Å². The summed E-state index contributed by atoms with van der Waals surface area (Å²) in [6, 6.07) is 8.15. The van der Waals surface area contributed by atoms with Crippen LogP contribution in [0.25, 0.3) is 0 Å². The van der Waals surface area contributed by atoms with Crippen molar-refractivity contribution in [3.8, 4) is 0 Å². The van der Waals surface area contributed by atoms with E-state index >= 15 is 0 Å². The normalized spacial score (nSPS) is 17.9. The van der Waals surface area contributed by atoms with Crippen LogP contribution in [0.15, 0.2) is 29.3 Å². The van der Waals surface area contributed by atoms with Crippen LogP contribution < -0.4 is 10.6 Å². The van der Waals surface area contributed by atoms with Crippen molar-refractivity contribution in [1.82, 2.24) is 15.5 Å². The van der Waals surface area contributed by atoms with Gasteiger partial charge in [0, 0.05) is 31.7 Å². The van der Waals surface area contributed by atoms with E-state index in [0.717, 1.165) is 43.0 Å². The molecule has 0 unspecified atom stereocenters. The zero-order valence-electron chi connectivity index (χ0n) is 11.7. The first-order valence-electron chi connectivity index (χ1n) is 7.11. The van der Waals surface area contributed by atoms with Crippen LogP contribution >= 0.6 is 0 Å². The summed E-state index contributed by atoms with van der Waals surface area (Å²) in [6.45, 7) is 2.50. The van der Waals surface area contributed by atoms with Crippen molar-refractivity contribution in [2.75, 3.05) is 20.1 Å². The van der Waals surface area contributed by atoms with Crippen LogP contribution in [0.3, 0.4) is 0 Å². The lowest BCUT2D eigenvalue weighted by atomic mass is 10.1. The predicted octanol–water partition coefficient (Wildman–Crippen LogP) is 0.970. The number of aliphatic imine (C=N–C) groups is 1. The Labute approximate surface area is 119 Å². The molecule has 5 heteroatoms. The molecule has 1 heterocycles. The summed E-state index contributed by atoms with van der Waals surface area (Å²) in [4.78, 5) is 18.5. The molecule has 0 saturated heterocycles. The average molecular weight is 272 g/mol. The van der Waals surface area contributed by atoms with Gasteiger partial charge in [-0.2, -0.15) is 0 Å². The van der Waals surface area contributed by atoms with Crippen molar-refractivity contribution in [2.24, 2.45) is 4.99 Å². The summed E-state index contributed by atoms with van der Waals surface area (Å²) in [5, 5.41) is 6.32. The highest BCUT2D eigenvalue weighted by molar-refractivity contribution is 5.94. The number of nitrogens with zero attached hydrogens (tertiary/aromatic N) is 2. The second-order valence-electron chi connectivity index (χ2n) is 5.43. The van der Waals surface area contributed by atoms with E-state index in [2.05, 4.69) is 20.5 Å². The van der Waals surface area contributed by atoms with Crippen LogP contribution in [0, 0.1) is 0 Å². The molecule has 0 atom stereocenters. The molecule has 1 aliphatic carbocycles. The molecule has 20 heavy (non-hydrogen) atoms. The maximum Gasteiger partial charge on any atom is 0.251 e. The molecule has 3 rings (SSSR count). The summed E-state index contributed by atoms with van der Waals surface area (Å²) < 4.78 is 0. The third kappa shape index (κ3) is 3.10. The Morgan fingerprint density at radius 2 is 2.30 bits per heavy atom. The number of hydrogen-bond donors (Lipinski definition) is 2. The fraction of sp³-hybridized carbons (Fsp3) is 0.467. The second-order valence-corrected chi connectivity index (χ2v) is 5.43. The molecule has 0 aromatic heterocycles. The highest BCUT2D eigenvalue weighted by atomic mass is 16.1. The van der Waals surface area contributed by atoms with E-state index in [4.69, 9.17) is 0 Å². The second kappa shape index (κ2) is 5.53. The van der Waals surface area contributed by atoms with E-state index < -0.39 is 0 Å². The molecule has 106 valence electrons. The average Bonchev–Trinajstić information content (AvgIpc) is 3.17. The maximum atomic E-state index is 12.0. The lowest BCUT2D eigenvalue weighted by molar-refractivity contribution is 0.0951. The smallest absolute Gasteiger partial charge is 0.251 e. The molecule has 2 N–H and O–H groups in total. The number of carbonyl (C=O) groups is 1. The zero-order valence-corrected chi connectivity index (χ0v) is 11.7. The van der Waals surface area contributed by atoms with Crippen molar-refractivity contribution in [2.45, 2.75) is 25.4 Å². The number of guanidine groups is 1. The number of carbonyl (C=O) groups excluding carboxylic acids is 1. The van der Waals surface area contributed by atoms with Gasteiger partial charge in [-0.1, -0.05) is 12.1 Å². The summed E-state index contributed by atoms with van der Waals surface area (Å²) in [7, 11) is 2.03. The van der Waals surface area contributed by atoms with E-state index in [1.54, 1.807) is 0 Å². The van der Waals surface area contributed by atoms with Crippen LogP contribution in [-0.2, 0) is 6.54 Å². The van der Waals surface area contributed by atoms with Gasteiger partial charge in [0.1, 0.15) is 0 Å². The fourth-order valence-electron chi connectivity index (χ4n) is 2.22. The van der Waals surface area contributed by atoms with Crippen LogP contribution in [0.4, 0.5) is 0 Å². The lowest BCUT2D eigenvalue weighted by Gasteiger charge is -2.15. The number of likely N-dealkylation sites (N-methyl/N-ethyl adjacent to an activating group) is 1. The first kappa shape index (κ1) is 13.0. The SMILES string of the molecule is CN1CCN=C1NCc1cccc(C(=O)NC2CC2)c1. The number of rotatable bonds is 4. The molecule has 1 fully saturated rings. The Bertz CT molecular complexity index is 536. The molecule has 0 radical (unpaired) electrons. The Morgan fingerprint density at radius 1 is 1.45 bits per heavy atom. The fourth-order valence-corrected chi connectivity index (χ4v) is 2.22. The molecule has 0 bridgehead atoms.